The lowest BCUT2D eigenvalue weighted by atomic mass is 10.1. The molecule has 1 aromatic heterocycles. The second-order valence-corrected chi connectivity index (χ2v) is 6.82. The van der Waals surface area contributed by atoms with Crippen molar-refractivity contribution in [3.63, 3.8) is 0 Å². The van der Waals surface area contributed by atoms with Crippen molar-refractivity contribution in [2.45, 2.75) is 12.6 Å². The van der Waals surface area contributed by atoms with E-state index in [1.54, 1.807) is 0 Å². The standard InChI is InChI=1S/C22H13F6N3O4/c23-21(24,25)30(18(32)13-7-3-1-4-8-13)15-11-16(20(34)35)29-17(12-15)31(22(26,27)28)19(33)14-9-5-2-6-10-14/h1-12H,(H,34,35). The van der Waals surface area contributed by atoms with Crippen LogP contribution in [0.3, 0.4) is 0 Å². The Morgan fingerprint density at radius 2 is 1.11 bits per heavy atom. The first-order valence-electron chi connectivity index (χ1n) is 9.48. The molecule has 0 saturated heterocycles. The van der Waals surface area contributed by atoms with E-state index in [0.717, 1.165) is 24.3 Å². The van der Waals surface area contributed by atoms with Gasteiger partial charge in [-0.25, -0.2) is 19.6 Å². The Morgan fingerprint density at radius 1 is 0.686 bits per heavy atom. The van der Waals surface area contributed by atoms with Gasteiger partial charge < -0.3 is 5.11 Å². The number of aromatic nitrogens is 1. The molecule has 2 amide bonds. The van der Waals surface area contributed by atoms with Gasteiger partial charge in [-0.15, -0.1) is 26.3 Å². The number of nitrogens with zero attached hydrogens (tertiary/aromatic N) is 3. The van der Waals surface area contributed by atoms with Gasteiger partial charge in [0.25, 0.3) is 11.8 Å². The summed E-state index contributed by atoms with van der Waals surface area (Å²) in [5.74, 6) is -6.89. The molecule has 0 radical (unpaired) electrons. The first-order valence-corrected chi connectivity index (χ1v) is 9.48. The van der Waals surface area contributed by atoms with Crippen LogP contribution >= 0.6 is 0 Å². The Bertz CT molecular complexity index is 1160. The topological polar surface area (TPSA) is 90.8 Å². The SMILES string of the molecule is O=C(O)c1cc(N(C(=O)c2ccccc2)C(F)(F)F)cc(N(C(=O)c2ccccc2)C(F)(F)F)n1. The average molecular weight is 497 g/mol. The molecule has 1 heterocycles. The molecule has 0 aliphatic heterocycles. The van der Waals surface area contributed by atoms with Crippen LogP contribution in [0.2, 0.25) is 0 Å². The van der Waals surface area contributed by atoms with E-state index in [1.165, 1.54) is 36.4 Å². The van der Waals surface area contributed by atoms with Crippen molar-refractivity contribution in [1.82, 2.24) is 4.98 Å². The number of carboxylic acid groups (broad SMARTS) is 1. The maximum absolute atomic E-state index is 13.9. The first-order chi connectivity index (χ1) is 16.3. The summed E-state index contributed by atoms with van der Waals surface area (Å²) in [6.07, 6.45) is -11.0. The number of anilines is 2. The second kappa shape index (κ2) is 9.44. The molecule has 0 spiro atoms. The number of carbonyl (C=O) groups is 3. The Labute approximate surface area is 192 Å². The van der Waals surface area contributed by atoms with E-state index < -0.39 is 68.5 Å². The molecule has 0 aliphatic rings. The van der Waals surface area contributed by atoms with Crippen molar-refractivity contribution in [2.24, 2.45) is 0 Å². The normalized spacial score (nSPS) is 11.6. The average Bonchev–Trinajstić information content (AvgIpc) is 2.78. The number of aromatic carboxylic acids is 1. The Kier molecular flexibility index (Phi) is 6.80. The van der Waals surface area contributed by atoms with Crippen molar-refractivity contribution in [3.8, 4) is 0 Å². The molecule has 0 bridgehead atoms. The lowest BCUT2D eigenvalue weighted by Crippen LogP contribution is -2.45. The van der Waals surface area contributed by atoms with Crippen LogP contribution in [0, 0.1) is 0 Å². The third-order valence-electron chi connectivity index (χ3n) is 4.46. The number of carboxylic acids is 1. The minimum Gasteiger partial charge on any atom is -0.477 e. The zero-order valence-corrected chi connectivity index (χ0v) is 17.2. The number of carbonyl (C=O) groups excluding carboxylic acids is 2. The van der Waals surface area contributed by atoms with Gasteiger partial charge in [-0.2, -0.15) is 0 Å². The summed E-state index contributed by atoms with van der Waals surface area (Å²) in [6.45, 7) is 0. The molecule has 0 unspecified atom stereocenters. The van der Waals surface area contributed by atoms with Crippen LogP contribution in [0.25, 0.3) is 0 Å². The number of alkyl halides is 6. The quantitative estimate of drug-likeness (QED) is 0.391. The highest BCUT2D eigenvalue weighted by atomic mass is 19.4. The van der Waals surface area contributed by atoms with Crippen LogP contribution < -0.4 is 9.80 Å². The predicted molar refractivity (Wildman–Crippen MR) is 110 cm³/mol. The molecule has 7 nitrogen and oxygen atoms in total. The number of hydrogen-bond acceptors (Lipinski definition) is 4. The zero-order chi connectivity index (χ0) is 26.0. The third-order valence-corrected chi connectivity index (χ3v) is 4.46. The number of hydrogen-bond donors (Lipinski definition) is 1. The van der Waals surface area contributed by atoms with Crippen molar-refractivity contribution < 1.29 is 45.8 Å². The van der Waals surface area contributed by atoms with Gasteiger partial charge in [-0.3, -0.25) is 9.59 Å². The number of rotatable bonds is 5. The van der Waals surface area contributed by atoms with Crippen molar-refractivity contribution >= 4 is 29.3 Å². The van der Waals surface area contributed by atoms with Crippen molar-refractivity contribution in [1.29, 1.82) is 0 Å². The van der Waals surface area contributed by atoms with E-state index in [9.17, 15) is 45.8 Å². The molecule has 35 heavy (non-hydrogen) atoms. The Balaban J connectivity index is 2.24. The summed E-state index contributed by atoms with van der Waals surface area (Å²) >= 11 is 0. The molecule has 0 aliphatic carbocycles. The van der Waals surface area contributed by atoms with Gasteiger partial charge in [0.1, 0.15) is 5.82 Å². The number of amides is 2. The smallest absolute Gasteiger partial charge is 0.477 e. The summed E-state index contributed by atoms with van der Waals surface area (Å²) in [5.41, 5.74) is -3.53. The highest BCUT2D eigenvalue weighted by Gasteiger charge is 2.46. The molecule has 3 aromatic rings. The summed E-state index contributed by atoms with van der Waals surface area (Å²) in [4.78, 5) is 38.3. The van der Waals surface area contributed by atoms with Crippen LogP contribution in [0.4, 0.5) is 37.8 Å². The van der Waals surface area contributed by atoms with E-state index in [2.05, 4.69) is 4.98 Å². The molecular formula is C22H13F6N3O4. The fraction of sp³-hybridized carbons (Fsp3) is 0.0909. The lowest BCUT2D eigenvalue weighted by molar-refractivity contribution is -0.123. The van der Waals surface area contributed by atoms with Gasteiger partial charge in [0.15, 0.2) is 5.69 Å². The van der Waals surface area contributed by atoms with Crippen LogP contribution in [0.5, 0.6) is 0 Å². The summed E-state index contributed by atoms with van der Waals surface area (Å²) < 4.78 is 83.3. The molecule has 3 rings (SSSR count). The van der Waals surface area contributed by atoms with Gasteiger partial charge in [-0.1, -0.05) is 36.4 Å². The zero-order valence-electron chi connectivity index (χ0n) is 17.2. The van der Waals surface area contributed by atoms with Gasteiger partial charge in [0.05, 0.1) is 5.69 Å². The first kappa shape index (κ1) is 25.2. The second-order valence-electron chi connectivity index (χ2n) is 6.82. The fourth-order valence-corrected chi connectivity index (χ4v) is 3.00. The molecule has 13 heteroatoms. The van der Waals surface area contributed by atoms with Crippen molar-refractivity contribution in [3.05, 3.63) is 89.6 Å². The highest BCUT2D eigenvalue weighted by molar-refractivity contribution is 6.09. The minimum atomic E-state index is -5.51. The van der Waals surface area contributed by atoms with Gasteiger partial charge in [0.2, 0.25) is 0 Å². The molecule has 182 valence electrons. The Morgan fingerprint density at radius 3 is 1.51 bits per heavy atom. The van der Waals surface area contributed by atoms with Gasteiger partial charge >= 0.3 is 18.6 Å². The molecular weight excluding hydrogens is 484 g/mol. The highest BCUT2D eigenvalue weighted by Crippen LogP contribution is 2.36. The molecule has 0 fully saturated rings. The number of benzene rings is 2. The van der Waals surface area contributed by atoms with Crippen LogP contribution in [0.1, 0.15) is 31.2 Å². The minimum absolute atomic E-state index is 0.162. The van der Waals surface area contributed by atoms with E-state index >= 15 is 0 Å². The molecule has 0 saturated carbocycles. The predicted octanol–water partition coefficient (Wildman–Crippen LogP) is 5.11. The number of pyridine rings is 1. The summed E-state index contributed by atoms with van der Waals surface area (Å²) in [6, 6.07) is 12.4. The van der Waals surface area contributed by atoms with Crippen LogP contribution in [-0.4, -0.2) is 40.5 Å². The summed E-state index contributed by atoms with van der Waals surface area (Å²) in [5, 5.41) is 9.28. The Hall–Kier alpha value is -4.42. The molecule has 0 atom stereocenters. The lowest BCUT2D eigenvalue weighted by Gasteiger charge is -2.28. The monoisotopic (exact) mass is 497 g/mol. The molecule has 2 aromatic carbocycles. The van der Waals surface area contributed by atoms with Gasteiger partial charge in [0, 0.05) is 17.2 Å². The van der Waals surface area contributed by atoms with E-state index in [-0.39, 0.29) is 12.1 Å². The van der Waals surface area contributed by atoms with Gasteiger partial charge in [-0.05, 0) is 30.3 Å². The third kappa shape index (κ3) is 5.57. The fourth-order valence-electron chi connectivity index (χ4n) is 3.00. The van der Waals surface area contributed by atoms with Crippen LogP contribution in [0.15, 0.2) is 72.8 Å². The van der Waals surface area contributed by atoms with Crippen LogP contribution in [-0.2, 0) is 0 Å². The van der Waals surface area contributed by atoms with E-state index in [1.807, 2.05) is 0 Å². The van der Waals surface area contributed by atoms with E-state index in [0.29, 0.717) is 0 Å². The maximum Gasteiger partial charge on any atom is 0.493 e. The maximum atomic E-state index is 13.9. The largest absolute Gasteiger partial charge is 0.493 e. The number of halogens is 6. The van der Waals surface area contributed by atoms with E-state index in [4.69, 9.17) is 0 Å². The molecule has 1 N–H and O–H groups in total. The summed E-state index contributed by atoms with van der Waals surface area (Å²) in [7, 11) is 0. The van der Waals surface area contributed by atoms with Crippen molar-refractivity contribution in [2.75, 3.05) is 9.80 Å².